The molecule has 0 aromatic rings. The van der Waals surface area contributed by atoms with Crippen molar-refractivity contribution in [2.75, 3.05) is 0 Å². The first kappa shape index (κ1) is 10.5. The monoisotopic (exact) mass is 222 g/mol. The van der Waals surface area contributed by atoms with Gasteiger partial charge in [-0.3, -0.25) is 0 Å². The molecule has 5 nitrogen and oxygen atoms in total. The SMILES string of the molecule is NC(=O)CC[C@H](N)C(=O)O[AsH2]. The van der Waals surface area contributed by atoms with E-state index in [-0.39, 0.29) is 12.8 Å². The molecule has 0 aromatic heterocycles. The van der Waals surface area contributed by atoms with Gasteiger partial charge in [0.2, 0.25) is 0 Å². The van der Waals surface area contributed by atoms with Crippen molar-refractivity contribution in [1.29, 1.82) is 0 Å². The first-order valence-corrected chi connectivity index (χ1v) is 4.01. The summed E-state index contributed by atoms with van der Waals surface area (Å²) in [5.74, 6) is -0.957. The zero-order valence-corrected chi connectivity index (χ0v) is 8.37. The molecule has 0 aromatic carbocycles. The average Bonchev–Trinajstić information content (AvgIpc) is 1.98. The Morgan fingerprint density at radius 3 is 2.45 bits per heavy atom. The van der Waals surface area contributed by atoms with Gasteiger partial charge in [0.1, 0.15) is 0 Å². The van der Waals surface area contributed by atoms with E-state index in [4.69, 9.17) is 11.5 Å². The Hall–Kier alpha value is -0.542. The maximum atomic E-state index is 10.6. The number of carbonyl (C=O) groups excluding carboxylic acids is 2. The van der Waals surface area contributed by atoms with Crippen LogP contribution in [-0.4, -0.2) is 35.1 Å². The van der Waals surface area contributed by atoms with E-state index in [9.17, 15) is 9.59 Å². The second-order valence-corrected chi connectivity index (χ2v) is 2.54. The molecule has 0 rings (SSSR count). The normalized spacial score (nSPS) is 12.2. The molecule has 0 saturated heterocycles. The van der Waals surface area contributed by atoms with E-state index in [0.717, 1.165) is 17.2 Å². The van der Waals surface area contributed by atoms with Crippen LogP contribution in [0.3, 0.4) is 0 Å². The van der Waals surface area contributed by atoms with Crippen molar-refractivity contribution in [3.63, 3.8) is 0 Å². The molecule has 2 atom stereocenters. The van der Waals surface area contributed by atoms with Crippen LogP contribution < -0.4 is 11.5 Å². The molecule has 64 valence electrons. The van der Waals surface area contributed by atoms with Crippen LogP contribution in [0, 0.1) is 0 Å². The van der Waals surface area contributed by atoms with Gasteiger partial charge < -0.3 is 0 Å². The molecule has 11 heavy (non-hydrogen) atoms. The van der Waals surface area contributed by atoms with Gasteiger partial charge in [0.25, 0.3) is 0 Å². The Morgan fingerprint density at radius 1 is 1.55 bits per heavy atom. The fourth-order valence-electron chi connectivity index (χ4n) is 0.503. The number of nitrogens with two attached hydrogens (primary N) is 2. The number of rotatable bonds is 4. The summed E-state index contributed by atoms with van der Waals surface area (Å²) in [7, 11) is 0. The molecule has 0 bridgehead atoms. The molecule has 1 unspecified atom stereocenters. The van der Waals surface area contributed by atoms with Gasteiger partial charge in [0.05, 0.1) is 0 Å². The summed E-state index contributed by atoms with van der Waals surface area (Å²) in [6, 6.07) is -0.727. The minimum absolute atomic E-state index is 0.114. The van der Waals surface area contributed by atoms with Crippen molar-refractivity contribution in [3.05, 3.63) is 0 Å². The van der Waals surface area contributed by atoms with Crippen molar-refractivity contribution >= 4 is 29.1 Å². The van der Waals surface area contributed by atoms with Crippen LogP contribution in [0.15, 0.2) is 0 Å². The molecule has 0 aliphatic heterocycles. The second kappa shape index (κ2) is 5.15. The third-order valence-electron chi connectivity index (χ3n) is 1.12. The van der Waals surface area contributed by atoms with E-state index < -0.39 is 17.9 Å². The molecule has 0 heterocycles. The van der Waals surface area contributed by atoms with E-state index in [0.29, 0.717) is 0 Å². The van der Waals surface area contributed by atoms with E-state index in [1.165, 1.54) is 0 Å². The number of hydrogen-bond donors (Lipinski definition) is 2. The molecular weight excluding hydrogens is 211 g/mol. The van der Waals surface area contributed by atoms with Crippen molar-refractivity contribution in [1.82, 2.24) is 0 Å². The van der Waals surface area contributed by atoms with E-state index in [1.807, 2.05) is 0 Å². The average molecular weight is 222 g/mol. The van der Waals surface area contributed by atoms with Crippen LogP contribution in [-0.2, 0) is 13.3 Å². The molecule has 0 aliphatic rings. The summed E-state index contributed by atoms with van der Waals surface area (Å²) < 4.78 is 4.39. The third-order valence-corrected chi connectivity index (χ3v) is 1.61. The molecule has 0 aliphatic carbocycles. The van der Waals surface area contributed by atoms with Gasteiger partial charge in [0.15, 0.2) is 0 Å². The number of primary amides is 1. The fraction of sp³-hybridized carbons (Fsp3) is 0.600. The zero-order chi connectivity index (χ0) is 8.85. The van der Waals surface area contributed by atoms with Crippen LogP contribution in [0.5, 0.6) is 0 Å². The van der Waals surface area contributed by atoms with Crippen LogP contribution >= 0.6 is 0 Å². The predicted molar refractivity (Wildman–Crippen MR) is 41.0 cm³/mol. The summed E-state index contributed by atoms with van der Waals surface area (Å²) in [5.41, 5.74) is 10.1. The quantitative estimate of drug-likeness (QED) is 0.521. The van der Waals surface area contributed by atoms with Crippen LogP contribution in [0.25, 0.3) is 0 Å². The standard InChI is InChI=1S/C5H11AsN2O3/c6-11-5(10)3(7)1-2-4(8)9/h3H,1-2,6-7H2,(H2,8,9)/t3-/m0/s1. The number of amides is 1. The second-order valence-electron chi connectivity index (χ2n) is 2.05. The van der Waals surface area contributed by atoms with E-state index in [2.05, 4.69) is 3.73 Å². The molecule has 4 N–H and O–H groups in total. The topological polar surface area (TPSA) is 95.4 Å². The zero-order valence-electron chi connectivity index (χ0n) is 5.95. The molecule has 0 fully saturated rings. The van der Waals surface area contributed by atoms with Crippen LogP contribution in [0.1, 0.15) is 12.8 Å². The molecule has 6 heteroatoms. The van der Waals surface area contributed by atoms with Gasteiger partial charge >= 0.3 is 72.7 Å². The Bertz CT molecular complexity index is 162. The van der Waals surface area contributed by atoms with Crippen molar-refractivity contribution in [2.24, 2.45) is 11.5 Å². The summed E-state index contributed by atoms with van der Waals surface area (Å²) in [4.78, 5) is 20.9. The van der Waals surface area contributed by atoms with Gasteiger partial charge in [0, 0.05) is 0 Å². The first-order valence-electron chi connectivity index (χ1n) is 3.02. The van der Waals surface area contributed by atoms with Crippen molar-refractivity contribution in [2.45, 2.75) is 18.9 Å². The fourth-order valence-corrected chi connectivity index (χ4v) is 0.870. The Balaban J connectivity index is 3.60. The number of carbonyl (C=O) groups is 2. The third kappa shape index (κ3) is 4.81. The van der Waals surface area contributed by atoms with Crippen LogP contribution in [0.2, 0.25) is 0 Å². The minimum atomic E-state index is -0.727. The van der Waals surface area contributed by atoms with Gasteiger partial charge in [-0.1, -0.05) is 0 Å². The summed E-state index contributed by atoms with van der Waals surface area (Å²) in [6.45, 7) is 0. The van der Waals surface area contributed by atoms with Gasteiger partial charge in [-0.2, -0.15) is 0 Å². The van der Waals surface area contributed by atoms with Crippen molar-refractivity contribution < 1.29 is 13.3 Å². The number of hydrogen-bond acceptors (Lipinski definition) is 4. The van der Waals surface area contributed by atoms with E-state index >= 15 is 0 Å². The molecule has 1 amide bonds. The summed E-state index contributed by atoms with van der Waals surface area (Å²) >= 11 is 0.831. The molecule has 0 radical (unpaired) electrons. The summed E-state index contributed by atoms with van der Waals surface area (Å²) in [5, 5.41) is 0. The Kier molecular flexibility index (Phi) is 4.90. The Morgan fingerprint density at radius 2 is 2.09 bits per heavy atom. The van der Waals surface area contributed by atoms with Gasteiger partial charge in [-0.25, -0.2) is 0 Å². The maximum absolute atomic E-state index is 10.6. The van der Waals surface area contributed by atoms with Gasteiger partial charge in [-0.05, 0) is 0 Å². The molecular formula is C5H11AsN2O3. The molecule has 0 spiro atoms. The van der Waals surface area contributed by atoms with Gasteiger partial charge in [-0.15, -0.1) is 0 Å². The first-order chi connectivity index (χ1) is 5.07. The van der Waals surface area contributed by atoms with Crippen LogP contribution in [0.4, 0.5) is 0 Å². The van der Waals surface area contributed by atoms with E-state index in [1.54, 1.807) is 0 Å². The predicted octanol–water partition coefficient (Wildman–Crippen LogP) is -2.33. The Labute approximate surface area is 73.3 Å². The summed E-state index contributed by atoms with van der Waals surface area (Å²) in [6.07, 6.45) is 0.362. The molecule has 0 saturated carbocycles. The van der Waals surface area contributed by atoms with Crippen molar-refractivity contribution in [3.8, 4) is 0 Å².